The van der Waals surface area contributed by atoms with Crippen LogP contribution in [0.5, 0.6) is 11.5 Å². The monoisotopic (exact) mass is 347 g/mol. The minimum Gasteiger partial charge on any atom is -0.493 e. The first-order valence-electron chi connectivity index (χ1n) is 8.01. The van der Waals surface area contributed by atoms with Crippen molar-refractivity contribution in [2.45, 2.75) is 0 Å². The molecule has 1 aliphatic rings. The van der Waals surface area contributed by atoms with Gasteiger partial charge in [0.25, 0.3) is 5.91 Å². The van der Waals surface area contributed by atoms with Crippen molar-refractivity contribution in [2.75, 3.05) is 46.6 Å². The summed E-state index contributed by atoms with van der Waals surface area (Å²) in [5, 5.41) is 10.3. The molecule has 1 saturated heterocycles. The average molecular weight is 347 g/mol. The lowest BCUT2D eigenvalue weighted by Gasteiger charge is -2.26. The summed E-state index contributed by atoms with van der Waals surface area (Å²) in [4.78, 5) is 13.8. The SMILES string of the molecule is COc1cccc(-c2n[nH]nc2C(N)=O)c1OCCN1CCOCC1. The summed E-state index contributed by atoms with van der Waals surface area (Å²) < 4.78 is 16.7. The second kappa shape index (κ2) is 7.95. The molecular formula is C16H21N5O4. The number of carbonyl (C=O) groups is 1. The number of carbonyl (C=O) groups excluding carboxylic acids is 1. The second-order valence-electron chi connectivity index (χ2n) is 5.52. The highest BCUT2D eigenvalue weighted by Crippen LogP contribution is 2.38. The number of methoxy groups -OCH3 is 1. The first-order chi connectivity index (χ1) is 12.2. The van der Waals surface area contributed by atoms with E-state index in [2.05, 4.69) is 20.3 Å². The molecule has 1 fully saturated rings. The number of amides is 1. The van der Waals surface area contributed by atoms with E-state index in [-0.39, 0.29) is 5.69 Å². The Hall–Kier alpha value is -2.65. The Morgan fingerprint density at radius 2 is 2.16 bits per heavy atom. The van der Waals surface area contributed by atoms with Crippen molar-refractivity contribution in [3.05, 3.63) is 23.9 Å². The van der Waals surface area contributed by atoms with Gasteiger partial charge in [0.1, 0.15) is 12.3 Å². The number of aromatic amines is 1. The van der Waals surface area contributed by atoms with Gasteiger partial charge in [0.05, 0.1) is 25.9 Å². The summed E-state index contributed by atoms with van der Waals surface area (Å²) >= 11 is 0. The number of nitrogens with zero attached hydrogens (tertiary/aromatic N) is 3. The zero-order valence-corrected chi connectivity index (χ0v) is 14.0. The van der Waals surface area contributed by atoms with Crippen LogP contribution in [0.3, 0.4) is 0 Å². The van der Waals surface area contributed by atoms with E-state index in [1.165, 1.54) is 0 Å². The molecule has 0 radical (unpaired) electrons. The van der Waals surface area contributed by atoms with Crippen LogP contribution in [0, 0.1) is 0 Å². The van der Waals surface area contributed by atoms with Crippen molar-refractivity contribution in [3.63, 3.8) is 0 Å². The zero-order valence-electron chi connectivity index (χ0n) is 14.0. The van der Waals surface area contributed by atoms with E-state index in [1.54, 1.807) is 25.3 Å². The van der Waals surface area contributed by atoms with E-state index >= 15 is 0 Å². The number of nitrogens with one attached hydrogen (secondary N) is 1. The smallest absolute Gasteiger partial charge is 0.271 e. The predicted octanol–water partition coefficient (Wildman–Crippen LogP) is 0.290. The second-order valence-corrected chi connectivity index (χ2v) is 5.52. The Morgan fingerprint density at radius 3 is 2.88 bits per heavy atom. The van der Waals surface area contributed by atoms with Gasteiger partial charge in [-0.2, -0.15) is 15.4 Å². The zero-order chi connectivity index (χ0) is 17.6. The molecule has 1 amide bonds. The molecule has 1 aliphatic heterocycles. The largest absolute Gasteiger partial charge is 0.493 e. The lowest BCUT2D eigenvalue weighted by atomic mass is 10.1. The minimum atomic E-state index is -0.661. The molecule has 3 N–H and O–H groups in total. The number of H-pyrrole nitrogens is 1. The fraction of sp³-hybridized carbons (Fsp3) is 0.438. The van der Waals surface area contributed by atoms with Gasteiger partial charge in [-0.05, 0) is 12.1 Å². The van der Waals surface area contributed by atoms with Crippen LogP contribution in [-0.2, 0) is 4.74 Å². The minimum absolute atomic E-state index is 0.0614. The van der Waals surface area contributed by atoms with Crippen LogP contribution in [0.2, 0.25) is 0 Å². The molecule has 0 bridgehead atoms. The molecule has 9 heteroatoms. The van der Waals surface area contributed by atoms with Crippen LogP contribution in [0.15, 0.2) is 18.2 Å². The number of ether oxygens (including phenoxy) is 3. The van der Waals surface area contributed by atoms with Gasteiger partial charge in [0.2, 0.25) is 0 Å². The predicted molar refractivity (Wildman–Crippen MR) is 89.6 cm³/mol. The van der Waals surface area contributed by atoms with E-state index in [4.69, 9.17) is 19.9 Å². The molecule has 9 nitrogen and oxygen atoms in total. The number of nitrogens with two attached hydrogens (primary N) is 1. The molecule has 0 aliphatic carbocycles. The Balaban J connectivity index is 1.81. The fourth-order valence-corrected chi connectivity index (χ4v) is 2.70. The maximum atomic E-state index is 11.6. The third kappa shape index (κ3) is 3.89. The quantitative estimate of drug-likeness (QED) is 0.739. The number of aromatic nitrogens is 3. The summed E-state index contributed by atoms with van der Waals surface area (Å²) in [6.07, 6.45) is 0. The van der Waals surface area contributed by atoms with E-state index in [1.807, 2.05) is 0 Å². The third-order valence-corrected chi connectivity index (χ3v) is 3.99. The Bertz CT molecular complexity index is 727. The number of benzene rings is 1. The van der Waals surface area contributed by atoms with Gasteiger partial charge >= 0.3 is 0 Å². The standard InChI is InChI=1S/C16H21N5O4/c1-23-12-4-2-3-11(13-14(16(17)22)19-20-18-13)15(12)25-10-7-21-5-8-24-9-6-21/h2-4H,5-10H2,1H3,(H2,17,22)(H,18,19,20). The van der Waals surface area contributed by atoms with E-state index in [0.29, 0.717) is 29.4 Å². The molecular weight excluding hydrogens is 326 g/mol. The summed E-state index contributed by atoms with van der Waals surface area (Å²) in [5.74, 6) is 0.401. The highest BCUT2D eigenvalue weighted by atomic mass is 16.5. The summed E-state index contributed by atoms with van der Waals surface area (Å²) in [6, 6.07) is 5.37. The first-order valence-corrected chi connectivity index (χ1v) is 8.01. The molecule has 0 spiro atoms. The highest BCUT2D eigenvalue weighted by molar-refractivity contribution is 5.97. The van der Waals surface area contributed by atoms with Gasteiger partial charge in [0, 0.05) is 19.6 Å². The number of primary amides is 1. The molecule has 0 saturated carbocycles. The molecule has 2 heterocycles. The summed E-state index contributed by atoms with van der Waals surface area (Å²) in [7, 11) is 1.56. The Labute approximate surface area is 145 Å². The number of hydrogen-bond acceptors (Lipinski definition) is 7. The number of morpholine rings is 1. The molecule has 3 rings (SSSR count). The fourth-order valence-electron chi connectivity index (χ4n) is 2.70. The van der Waals surface area contributed by atoms with Gasteiger partial charge in [-0.15, -0.1) is 0 Å². The van der Waals surface area contributed by atoms with Crippen molar-refractivity contribution in [1.29, 1.82) is 0 Å². The van der Waals surface area contributed by atoms with Crippen LogP contribution >= 0.6 is 0 Å². The first kappa shape index (κ1) is 17.2. The topological polar surface area (TPSA) is 116 Å². The lowest BCUT2D eigenvalue weighted by Crippen LogP contribution is -2.38. The maximum absolute atomic E-state index is 11.6. The third-order valence-electron chi connectivity index (χ3n) is 3.99. The highest BCUT2D eigenvalue weighted by Gasteiger charge is 2.21. The lowest BCUT2D eigenvalue weighted by molar-refractivity contribution is 0.0321. The van der Waals surface area contributed by atoms with Gasteiger partial charge < -0.3 is 19.9 Å². The van der Waals surface area contributed by atoms with E-state index in [9.17, 15) is 4.79 Å². The molecule has 1 aromatic heterocycles. The van der Waals surface area contributed by atoms with Gasteiger partial charge in [-0.1, -0.05) is 6.07 Å². The van der Waals surface area contributed by atoms with E-state index < -0.39 is 5.91 Å². The molecule has 0 unspecified atom stereocenters. The van der Waals surface area contributed by atoms with Crippen molar-refractivity contribution < 1.29 is 19.0 Å². The van der Waals surface area contributed by atoms with Crippen LogP contribution in [-0.4, -0.2) is 72.8 Å². The Morgan fingerprint density at radius 1 is 1.36 bits per heavy atom. The summed E-state index contributed by atoms with van der Waals surface area (Å²) in [6.45, 7) is 4.48. The van der Waals surface area contributed by atoms with Crippen LogP contribution in [0.4, 0.5) is 0 Å². The van der Waals surface area contributed by atoms with Crippen molar-refractivity contribution >= 4 is 5.91 Å². The van der Waals surface area contributed by atoms with Crippen molar-refractivity contribution in [3.8, 4) is 22.8 Å². The molecule has 1 aromatic carbocycles. The van der Waals surface area contributed by atoms with Gasteiger partial charge in [0.15, 0.2) is 17.2 Å². The van der Waals surface area contributed by atoms with Crippen molar-refractivity contribution in [1.82, 2.24) is 20.3 Å². The van der Waals surface area contributed by atoms with Crippen LogP contribution in [0.1, 0.15) is 10.5 Å². The van der Waals surface area contributed by atoms with Gasteiger partial charge in [-0.3, -0.25) is 9.69 Å². The molecule has 25 heavy (non-hydrogen) atoms. The Kier molecular flexibility index (Phi) is 5.46. The number of rotatable bonds is 7. The van der Waals surface area contributed by atoms with Crippen LogP contribution < -0.4 is 15.2 Å². The summed E-state index contributed by atoms with van der Waals surface area (Å²) in [5.41, 5.74) is 6.37. The number of para-hydroxylation sites is 1. The molecule has 134 valence electrons. The molecule has 2 aromatic rings. The average Bonchev–Trinajstić information content (AvgIpc) is 3.12. The maximum Gasteiger partial charge on any atom is 0.271 e. The molecule has 0 atom stereocenters. The van der Waals surface area contributed by atoms with Crippen LogP contribution in [0.25, 0.3) is 11.3 Å². The van der Waals surface area contributed by atoms with Crippen molar-refractivity contribution in [2.24, 2.45) is 5.73 Å². The van der Waals surface area contributed by atoms with E-state index in [0.717, 1.165) is 32.8 Å². The van der Waals surface area contributed by atoms with Gasteiger partial charge in [-0.25, -0.2) is 0 Å². The number of hydrogen-bond donors (Lipinski definition) is 2. The normalized spacial score (nSPS) is 15.1.